The summed E-state index contributed by atoms with van der Waals surface area (Å²) < 4.78 is 51.2. The molecule has 5 nitrogen and oxygen atoms in total. The fourth-order valence-electron chi connectivity index (χ4n) is 4.53. The second-order valence-corrected chi connectivity index (χ2v) is 9.11. The predicted octanol–water partition coefficient (Wildman–Crippen LogP) is 5.79. The number of carboxylic acids is 1. The molecule has 0 aliphatic carbocycles. The normalized spacial score (nSPS) is 12.1. The third-order valence-corrected chi connectivity index (χ3v) is 6.50. The molecule has 0 saturated carbocycles. The molecule has 0 aliphatic rings. The van der Waals surface area contributed by atoms with Crippen LogP contribution in [0.25, 0.3) is 22.6 Å². The fourth-order valence-corrected chi connectivity index (χ4v) is 4.53. The number of aliphatic carboxylic acids is 1. The minimum absolute atomic E-state index is 0.0283. The molecular formula is C30H35F3N2O3. The van der Waals surface area contributed by atoms with Gasteiger partial charge in [0.15, 0.2) is 12.7 Å². The summed E-state index contributed by atoms with van der Waals surface area (Å²) in [6, 6.07) is 13.1. The lowest BCUT2D eigenvalue weighted by atomic mass is 9.98. The molecule has 8 heteroatoms. The molecule has 0 unspecified atom stereocenters. The van der Waals surface area contributed by atoms with Crippen molar-refractivity contribution in [3.8, 4) is 5.75 Å². The molecule has 0 radical (unpaired) electrons. The molecule has 204 valence electrons. The molecule has 0 aliphatic heterocycles. The summed E-state index contributed by atoms with van der Waals surface area (Å²) in [4.78, 5) is 13.2. The molecule has 0 saturated heterocycles. The number of halogens is 3. The van der Waals surface area contributed by atoms with Crippen molar-refractivity contribution in [2.75, 3.05) is 24.6 Å². The molecule has 1 heterocycles. The summed E-state index contributed by atoms with van der Waals surface area (Å²) in [5.74, 6) is -1.09. The molecule has 0 amide bonds. The molecule has 1 aromatic heterocycles. The number of alkyl halides is 3. The number of rotatable bonds is 13. The first-order valence-electron chi connectivity index (χ1n) is 13.1. The Morgan fingerprint density at radius 1 is 1.03 bits per heavy atom. The summed E-state index contributed by atoms with van der Waals surface area (Å²) >= 11 is 0. The standard InChI is InChI=1S/C30H35F3N2O3/c1-4-7-8-11-18-38-28-20-23(34(5-2)6-3)14-15-25(28)26(30(31,32)33)19-22-16-17-35(21-29(36)37)27-13-10-9-12-24(22)27/h9-10,12-17,19-20H,4-8,11,18,21H2,1-3H3. The van der Waals surface area contributed by atoms with Gasteiger partial charge in [0.25, 0.3) is 0 Å². The zero-order chi connectivity index (χ0) is 27.7. The minimum Gasteiger partial charge on any atom is -0.544 e. The van der Waals surface area contributed by atoms with Crippen molar-refractivity contribution in [1.82, 2.24) is 0 Å². The van der Waals surface area contributed by atoms with Crippen LogP contribution in [-0.2, 0) is 11.3 Å². The largest absolute Gasteiger partial charge is 0.544 e. The number of hydrogen-bond acceptors (Lipinski definition) is 4. The van der Waals surface area contributed by atoms with Gasteiger partial charge in [-0.15, -0.1) is 0 Å². The van der Waals surface area contributed by atoms with Crippen molar-refractivity contribution in [1.29, 1.82) is 0 Å². The number of carbonyl (C=O) groups is 1. The lowest BCUT2D eigenvalue weighted by Crippen LogP contribution is -2.44. The fraction of sp³-hybridized carbons (Fsp3) is 0.400. The van der Waals surface area contributed by atoms with Gasteiger partial charge in [-0.05, 0) is 50.1 Å². The lowest BCUT2D eigenvalue weighted by molar-refractivity contribution is -0.665. The summed E-state index contributed by atoms with van der Waals surface area (Å²) in [5.41, 5.74) is 0.771. The number of pyridine rings is 1. The highest BCUT2D eigenvalue weighted by Gasteiger charge is 2.37. The Kier molecular flexibility index (Phi) is 10.2. The number of hydrogen-bond donors (Lipinski definition) is 0. The second kappa shape index (κ2) is 13.3. The number of para-hydroxylation sites is 1. The van der Waals surface area contributed by atoms with Crippen molar-refractivity contribution in [3.63, 3.8) is 0 Å². The van der Waals surface area contributed by atoms with Crippen LogP contribution in [0.4, 0.5) is 18.9 Å². The zero-order valence-electron chi connectivity index (χ0n) is 22.2. The number of ether oxygens (including phenoxy) is 1. The van der Waals surface area contributed by atoms with E-state index in [2.05, 4.69) is 11.8 Å². The van der Waals surface area contributed by atoms with Gasteiger partial charge in [-0.25, -0.2) is 0 Å². The average molecular weight is 529 g/mol. The van der Waals surface area contributed by atoms with Gasteiger partial charge in [0.2, 0.25) is 5.52 Å². The Hall–Kier alpha value is -3.55. The van der Waals surface area contributed by atoms with Gasteiger partial charge in [0.1, 0.15) is 11.7 Å². The van der Waals surface area contributed by atoms with E-state index < -0.39 is 24.3 Å². The van der Waals surface area contributed by atoms with E-state index >= 15 is 0 Å². The molecule has 2 aromatic carbocycles. The third kappa shape index (κ3) is 7.27. The zero-order valence-corrected chi connectivity index (χ0v) is 22.2. The van der Waals surface area contributed by atoms with E-state index in [1.165, 1.54) is 22.9 Å². The van der Waals surface area contributed by atoms with Crippen LogP contribution in [0.15, 0.2) is 54.7 Å². The Morgan fingerprint density at radius 3 is 2.42 bits per heavy atom. The van der Waals surface area contributed by atoms with Crippen LogP contribution in [0.2, 0.25) is 0 Å². The molecule has 0 fully saturated rings. The molecular weight excluding hydrogens is 493 g/mol. The Morgan fingerprint density at radius 2 is 1.76 bits per heavy atom. The van der Waals surface area contributed by atoms with Gasteiger partial charge in [-0.3, -0.25) is 0 Å². The number of carbonyl (C=O) groups excluding carboxylic acids is 1. The van der Waals surface area contributed by atoms with E-state index in [0.717, 1.165) is 50.5 Å². The summed E-state index contributed by atoms with van der Waals surface area (Å²) in [6.07, 6.45) is 1.73. The first-order chi connectivity index (χ1) is 18.2. The van der Waals surface area contributed by atoms with Crippen LogP contribution >= 0.6 is 0 Å². The number of aromatic nitrogens is 1. The van der Waals surface area contributed by atoms with E-state index in [-0.39, 0.29) is 11.3 Å². The molecule has 0 N–H and O–H groups in total. The van der Waals surface area contributed by atoms with Crippen molar-refractivity contribution in [2.24, 2.45) is 0 Å². The van der Waals surface area contributed by atoms with Crippen molar-refractivity contribution >= 4 is 34.2 Å². The van der Waals surface area contributed by atoms with Crippen LogP contribution in [-0.4, -0.2) is 31.8 Å². The third-order valence-electron chi connectivity index (χ3n) is 6.50. The second-order valence-electron chi connectivity index (χ2n) is 9.11. The Labute approximate surface area is 222 Å². The van der Waals surface area contributed by atoms with Crippen molar-refractivity contribution < 1.29 is 32.4 Å². The molecule has 0 bridgehead atoms. The Balaban J connectivity index is 2.14. The summed E-state index contributed by atoms with van der Waals surface area (Å²) in [6.45, 7) is 7.45. The maximum atomic E-state index is 14.6. The van der Waals surface area contributed by atoms with Crippen molar-refractivity contribution in [3.05, 3.63) is 65.9 Å². The van der Waals surface area contributed by atoms with E-state index in [0.29, 0.717) is 23.1 Å². The van der Waals surface area contributed by atoms with Crippen LogP contribution in [0.5, 0.6) is 5.75 Å². The number of allylic oxidation sites excluding steroid dienone is 1. The highest BCUT2D eigenvalue weighted by atomic mass is 19.4. The maximum absolute atomic E-state index is 14.6. The first kappa shape index (κ1) is 29.0. The topological polar surface area (TPSA) is 56.5 Å². The first-order valence-corrected chi connectivity index (χ1v) is 13.1. The number of unbranched alkanes of at least 4 members (excludes halogenated alkanes) is 3. The Bertz CT molecular complexity index is 1270. The van der Waals surface area contributed by atoms with Crippen LogP contribution in [0, 0.1) is 0 Å². The number of benzene rings is 2. The highest BCUT2D eigenvalue weighted by molar-refractivity contribution is 5.95. The number of carboxylic acid groups (broad SMARTS) is 1. The van der Waals surface area contributed by atoms with E-state index in [9.17, 15) is 23.1 Å². The predicted molar refractivity (Wildman–Crippen MR) is 143 cm³/mol. The molecule has 0 spiro atoms. The van der Waals surface area contributed by atoms with E-state index in [1.807, 2.05) is 13.8 Å². The number of anilines is 1. The lowest BCUT2D eigenvalue weighted by Gasteiger charge is -2.24. The van der Waals surface area contributed by atoms with Gasteiger partial charge >= 0.3 is 6.18 Å². The van der Waals surface area contributed by atoms with E-state index in [4.69, 9.17) is 4.74 Å². The van der Waals surface area contributed by atoms with Crippen LogP contribution in [0.3, 0.4) is 0 Å². The van der Waals surface area contributed by atoms with Crippen molar-refractivity contribution in [2.45, 2.75) is 59.2 Å². The molecule has 3 aromatic rings. The van der Waals surface area contributed by atoms with Crippen LogP contribution in [0.1, 0.15) is 57.6 Å². The quantitative estimate of drug-likeness (QED) is 0.208. The maximum Gasteiger partial charge on any atom is 0.417 e. The van der Waals surface area contributed by atoms with Gasteiger partial charge in [0, 0.05) is 42.5 Å². The minimum atomic E-state index is -4.66. The smallest absolute Gasteiger partial charge is 0.417 e. The van der Waals surface area contributed by atoms with Gasteiger partial charge in [-0.1, -0.05) is 38.3 Å². The van der Waals surface area contributed by atoms with Gasteiger partial charge in [-0.2, -0.15) is 17.7 Å². The summed E-state index contributed by atoms with van der Waals surface area (Å²) in [5, 5.41) is 11.7. The van der Waals surface area contributed by atoms with Gasteiger partial charge in [0.05, 0.1) is 17.6 Å². The monoisotopic (exact) mass is 528 g/mol. The molecule has 0 atom stereocenters. The molecule has 38 heavy (non-hydrogen) atoms. The van der Waals surface area contributed by atoms with Crippen LogP contribution < -0.4 is 19.3 Å². The van der Waals surface area contributed by atoms with Gasteiger partial charge < -0.3 is 19.5 Å². The highest BCUT2D eigenvalue weighted by Crippen LogP contribution is 2.41. The average Bonchev–Trinajstić information content (AvgIpc) is 2.88. The number of nitrogens with zero attached hydrogens (tertiary/aromatic N) is 2. The SMILES string of the molecule is CCCCCCOc1cc(N(CC)CC)ccc1/C(=C/c1cc[n+](CC(=O)[O-])c2ccccc12)C(F)(F)F. The molecule has 3 rings (SSSR count). The summed E-state index contributed by atoms with van der Waals surface area (Å²) in [7, 11) is 0. The van der Waals surface area contributed by atoms with E-state index in [1.54, 1.807) is 36.4 Å². The number of fused-ring (bicyclic) bond motifs is 1.